The minimum Gasteiger partial charge on any atom is -0.506 e. The van der Waals surface area contributed by atoms with E-state index >= 15 is 0 Å². The lowest BCUT2D eigenvalue weighted by molar-refractivity contribution is -0.137. The zero-order chi connectivity index (χ0) is 23.3. The summed E-state index contributed by atoms with van der Waals surface area (Å²) in [5.74, 6) is -2.36. The number of hydrogen-bond donors (Lipinski definition) is 3. The molecule has 1 heterocycles. The van der Waals surface area contributed by atoms with Crippen LogP contribution in [-0.2, 0) is 24.2 Å². The van der Waals surface area contributed by atoms with Crippen LogP contribution in [0.15, 0.2) is 51.4 Å². The molecule has 0 saturated heterocycles. The van der Waals surface area contributed by atoms with Crippen LogP contribution in [0.2, 0.25) is 0 Å². The van der Waals surface area contributed by atoms with Gasteiger partial charge in [0.1, 0.15) is 23.1 Å². The first-order valence-electron chi connectivity index (χ1n) is 9.94. The number of H-pyrrole nitrogens is 1. The number of halogens is 2. The highest BCUT2D eigenvalue weighted by Crippen LogP contribution is 2.29. The summed E-state index contributed by atoms with van der Waals surface area (Å²) in [6.45, 7) is 1.83. The number of aryl methyl sites for hydroxylation is 3. The van der Waals surface area contributed by atoms with Crippen molar-refractivity contribution in [3.63, 3.8) is 0 Å². The lowest BCUT2D eigenvalue weighted by Gasteiger charge is -2.06. The molecule has 1 aromatic heterocycles. The highest BCUT2D eigenvalue weighted by Gasteiger charge is 2.12. The van der Waals surface area contributed by atoms with Gasteiger partial charge < -0.3 is 10.2 Å². The van der Waals surface area contributed by atoms with Crippen LogP contribution in [0.4, 0.5) is 20.2 Å². The van der Waals surface area contributed by atoms with Crippen molar-refractivity contribution in [1.29, 1.82) is 0 Å². The zero-order valence-electron chi connectivity index (χ0n) is 17.3. The van der Waals surface area contributed by atoms with E-state index in [-0.39, 0.29) is 48.5 Å². The molecule has 10 heteroatoms. The highest BCUT2D eigenvalue weighted by molar-refractivity contribution is 5.66. The summed E-state index contributed by atoms with van der Waals surface area (Å²) in [6.07, 6.45) is 0.652. The van der Waals surface area contributed by atoms with Gasteiger partial charge in [0.05, 0.1) is 5.69 Å². The van der Waals surface area contributed by atoms with Gasteiger partial charge in [0.2, 0.25) is 0 Å². The number of phenols is 1. The number of carboxylic acids is 1. The molecule has 168 valence electrons. The van der Waals surface area contributed by atoms with Gasteiger partial charge in [0.25, 0.3) is 5.56 Å². The van der Waals surface area contributed by atoms with Crippen molar-refractivity contribution in [3.8, 4) is 5.75 Å². The van der Waals surface area contributed by atoms with E-state index in [0.717, 1.165) is 0 Å². The Hall–Kier alpha value is -3.82. The van der Waals surface area contributed by atoms with Crippen molar-refractivity contribution in [2.45, 2.75) is 39.2 Å². The predicted octanol–water partition coefficient (Wildman–Crippen LogP) is 4.53. The Balaban J connectivity index is 1.70. The summed E-state index contributed by atoms with van der Waals surface area (Å²) in [7, 11) is 0. The second-order valence-corrected chi connectivity index (χ2v) is 7.26. The molecule has 8 nitrogen and oxygen atoms in total. The van der Waals surface area contributed by atoms with E-state index < -0.39 is 23.2 Å². The third-order valence-electron chi connectivity index (χ3n) is 4.90. The van der Waals surface area contributed by atoms with Crippen LogP contribution in [0.5, 0.6) is 5.75 Å². The fraction of sp³-hybridized carbons (Fsp3) is 0.273. The minimum atomic E-state index is -0.945. The normalized spacial score (nSPS) is 11.3. The fourth-order valence-corrected chi connectivity index (χ4v) is 3.21. The summed E-state index contributed by atoms with van der Waals surface area (Å²) >= 11 is 0. The monoisotopic (exact) mass is 444 g/mol. The Bertz CT molecular complexity index is 1200. The standard InChI is InChI=1S/C22H22F2N4O4/c1-13-21(22(32)28(27-13)11-3-6-20(30)31)26-25-18-10-8-14(12-19(18)29)7-9-15-16(23)4-2-5-17(15)24/h2,4-5,8,10,12,27,29H,3,6-7,9,11H2,1H3,(H,30,31). The number of aromatic amines is 1. The highest BCUT2D eigenvalue weighted by atomic mass is 19.1. The van der Waals surface area contributed by atoms with E-state index in [1.807, 2.05) is 0 Å². The van der Waals surface area contributed by atoms with Crippen LogP contribution in [0, 0.1) is 18.6 Å². The Labute approximate surface area is 181 Å². The quantitative estimate of drug-likeness (QED) is 0.420. The summed E-state index contributed by atoms with van der Waals surface area (Å²) < 4.78 is 28.8. The number of azo groups is 1. The number of aliphatic carboxylic acids is 1. The number of benzene rings is 2. The molecule has 3 aromatic rings. The molecule has 3 N–H and O–H groups in total. The topological polar surface area (TPSA) is 120 Å². The smallest absolute Gasteiger partial charge is 0.303 e. The molecule has 32 heavy (non-hydrogen) atoms. The van der Waals surface area contributed by atoms with Gasteiger partial charge in [-0.3, -0.25) is 19.4 Å². The molecule has 0 aliphatic rings. The van der Waals surface area contributed by atoms with Gasteiger partial charge in [-0.1, -0.05) is 12.1 Å². The van der Waals surface area contributed by atoms with Crippen molar-refractivity contribution in [2.24, 2.45) is 10.2 Å². The van der Waals surface area contributed by atoms with Crippen molar-refractivity contribution >= 4 is 17.3 Å². The van der Waals surface area contributed by atoms with Gasteiger partial charge in [-0.15, -0.1) is 10.2 Å². The van der Waals surface area contributed by atoms with Crippen LogP contribution in [0.1, 0.15) is 29.7 Å². The van der Waals surface area contributed by atoms with Crippen molar-refractivity contribution in [3.05, 3.63) is 75.2 Å². The van der Waals surface area contributed by atoms with E-state index in [2.05, 4.69) is 15.3 Å². The fourth-order valence-electron chi connectivity index (χ4n) is 3.21. The Morgan fingerprint density at radius 1 is 1.12 bits per heavy atom. The van der Waals surface area contributed by atoms with Gasteiger partial charge in [-0.05, 0) is 56.0 Å². The van der Waals surface area contributed by atoms with Gasteiger partial charge in [0.15, 0.2) is 5.69 Å². The third kappa shape index (κ3) is 5.45. The third-order valence-corrected chi connectivity index (χ3v) is 4.90. The summed E-state index contributed by atoms with van der Waals surface area (Å²) in [5.41, 5.74) is 0.833. The van der Waals surface area contributed by atoms with Crippen molar-refractivity contribution < 1.29 is 23.8 Å². The average molecular weight is 444 g/mol. The number of carboxylic acid groups (broad SMARTS) is 1. The molecule has 2 aromatic carbocycles. The van der Waals surface area contributed by atoms with E-state index in [1.165, 1.54) is 35.0 Å². The largest absolute Gasteiger partial charge is 0.506 e. The lowest BCUT2D eigenvalue weighted by Crippen LogP contribution is -2.17. The van der Waals surface area contributed by atoms with Crippen LogP contribution in [0.3, 0.4) is 0 Å². The Morgan fingerprint density at radius 3 is 2.50 bits per heavy atom. The SMILES string of the molecule is Cc1[nH]n(CCCC(=O)O)c(=O)c1N=Nc1ccc(CCc2c(F)cccc2F)cc1O. The Morgan fingerprint density at radius 2 is 1.84 bits per heavy atom. The maximum atomic E-state index is 13.8. The van der Waals surface area contributed by atoms with E-state index in [1.54, 1.807) is 13.0 Å². The number of phenolic OH excluding ortho intramolecular Hbond substituents is 1. The van der Waals surface area contributed by atoms with E-state index in [9.17, 15) is 23.5 Å². The van der Waals surface area contributed by atoms with Crippen LogP contribution in [0.25, 0.3) is 0 Å². The lowest BCUT2D eigenvalue weighted by atomic mass is 10.0. The van der Waals surface area contributed by atoms with Gasteiger partial charge in [-0.25, -0.2) is 8.78 Å². The second-order valence-electron chi connectivity index (χ2n) is 7.26. The van der Waals surface area contributed by atoms with Crippen molar-refractivity contribution in [2.75, 3.05) is 0 Å². The number of hydrogen-bond acceptors (Lipinski definition) is 5. The van der Waals surface area contributed by atoms with Crippen LogP contribution in [-0.4, -0.2) is 26.0 Å². The number of aromatic hydroxyl groups is 1. The van der Waals surface area contributed by atoms with Crippen LogP contribution < -0.4 is 5.56 Å². The predicted molar refractivity (Wildman–Crippen MR) is 113 cm³/mol. The number of nitrogens with zero attached hydrogens (tertiary/aromatic N) is 3. The average Bonchev–Trinajstić information content (AvgIpc) is 2.99. The first-order chi connectivity index (χ1) is 15.3. The maximum Gasteiger partial charge on any atom is 0.303 e. The molecule has 3 rings (SSSR count). The zero-order valence-corrected chi connectivity index (χ0v) is 17.3. The molecule has 0 spiro atoms. The number of aromatic nitrogens is 2. The summed E-state index contributed by atoms with van der Waals surface area (Å²) in [6, 6.07) is 8.28. The van der Waals surface area contributed by atoms with Gasteiger partial charge in [-0.2, -0.15) is 0 Å². The maximum absolute atomic E-state index is 13.8. The molecule has 0 aliphatic carbocycles. The minimum absolute atomic E-state index is 0.0154. The van der Waals surface area contributed by atoms with E-state index in [4.69, 9.17) is 5.11 Å². The first kappa shape index (κ1) is 22.9. The Kier molecular flexibility index (Phi) is 7.14. The molecule has 0 aliphatic heterocycles. The van der Waals surface area contributed by atoms with Gasteiger partial charge in [0, 0.05) is 18.5 Å². The molecule has 0 bridgehead atoms. The molecule has 0 atom stereocenters. The number of carbonyl (C=O) groups is 1. The van der Waals surface area contributed by atoms with Gasteiger partial charge >= 0.3 is 5.97 Å². The molecule has 0 unspecified atom stereocenters. The summed E-state index contributed by atoms with van der Waals surface area (Å²) in [5, 5.41) is 29.6. The van der Waals surface area contributed by atoms with Crippen LogP contribution >= 0.6 is 0 Å². The molecule has 0 amide bonds. The second kappa shape index (κ2) is 9.99. The number of rotatable bonds is 9. The molecule has 0 fully saturated rings. The molecular weight excluding hydrogens is 422 g/mol. The summed E-state index contributed by atoms with van der Waals surface area (Å²) in [4.78, 5) is 23.0. The molecular formula is C22H22F2N4O4. The first-order valence-corrected chi connectivity index (χ1v) is 9.94. The molecule has 0 radical (unpaired) electrons. The number of nitrogens with one attached hydrogen (secondary N) is 1. The van der Waals surface area contributed by atoms with Crippen molar-refractivity contribution in [1.82, 2.24) is 9.78 Å². The van der Waals surface area contributed by atoms with E-state index in [0.29, 0.717) is 17.7 Å². The molecule has 0 saturated carbocycles.